The number of para-hydroxylation sites is 2. The number of allylic oxidation sites excluding steroid dienone is 2. The van der Waals surface area contributed by atoms with E-state index in [1.165, 1.54) is 5.47 Å². The van der Waals surface area contributed by atoms with E-state index in [0.717, 1.165) is 17.9 Å². The SMILES string of the molecule is CC/C(B(Oc1ccccc1)Oc1ccccc1)=[C](\C(C)(C)C)[Sn]([CH3])([CH3])[CH3]. The molecule has 0 aliphatic heterocycles. The Morgan fingerprint density at radius 3 is 1.52 bits per heavy atom. The van der Waals surface area contributed by atoms with Crippen molar-refractivity contribution < 1.29 is 9.31 Å². The Morgan fingerprint density at radius 1 is 0.815 bits per heavy atom. The fourth-order valence-corrected chi connectivity index (χ4v) is 14.0. The normalized spacial score (nSPS) is 13.0. The molecule has 0 spiro atoms. The Balaban J connectivity index is 2.55. The van der Waals surface area contributed by atoms with Crippen LogP contribution in [-0.4, -0.2) is 25.5 Å². The van der Waals surface area contributed by atoms with E-state index in [1.807, 2.05) is 60.7 Å². The van der Waals surface area contributed by atoms with Gasteiger partial charge in [0, 0.05) is 0 Å². The van der Waals surface area contributed by atoms with Gasteiger partial charge in [-0.05, 0) is 0 Å². The molecule has 0 N–H and O–H groups in total. The van der Waals surface area contributed by atoms with E-state index < -0.39 is 25.5 Å². The first-order chi connectivity index (χ1) is 12.6. The summed E-state index contributed by atoms with van der Waals surface area (Å²) < 4.78 is 14.4. The molecule has 0 aliphatic carbocycles. The average Bonchev–Trinajstić information content (AvgIpc) is 2.58. The summed E-state index contributed by atoms with van der Waals surface area (Å²) >= 11 is -2.40. The molecule has 4 heteroatoms. The minimum atomic E-state index is -2.40. The molecular weight excluding hydrogens is 438 g/mol. The molecule has 27 heavy (non-hydrogen) atoms. The van der Waals surface area contributed by atoms with Crippen molar-refractivity contribution in [3.8, 4) is 11.5 Å². The molecule has 144 valence electrons. The molecule has 0 fully saturated rings. The van der Waals surface area contributed by atoms with Crippen molar-refractivity contribution in [3.63, 3.8) is 0 Å². The van der Waals surface area contributed by atoms with Crippen molar-refractivity contribution in [2.45, 2.75) is 48.9 Å². The summed E-state index contributed by atoms with van der Waals surface area (Å²) in [4.78, 5) is 7.44. The number of benzene rings is 2. The van der Waals surface area contributed by atoms with E-state index in [9.17, 15) is 0 Å². The molecule has 0 aliphatic rings. The molecule has 2 aromatic rings. The number of hydrogen-bond donors (Lipinski definition) is 0. The molecule has 0 saturated heterocycles. The molecule has 0 bridgehead atoms. The van der Waals surface area contributed by atoms with Crippen molar-refractivity contribution in [1.82, 2.24) is 0 Å². The van der Waals surface area contributed by atoms with Crippen LogP contribution in [0.5, 0.6) is 11.5 Å². The summed E-state index contributed by atoms with van der Waals surface area (Å²) in [5.74, 6) is 1.67. The summed E-state index contributed by atoms with van der Waals surface area (Å²) in [6.07, 6.45) is 0.922. The minimum absolute atomic E-state index is 0.109. The van der Waals surface area contributed by atoms with Gasteiger partial charge < -0.3 is 0 Å². The van der Waals surface area contributed by atoms with Crippen molar-refractivity contribution >= 4 is 25.5 Å². The Hall–Kier alpha value is -1.36. The fourth-order valence-electron chi connectivity index (χ4n) is 3.96. The first-order valence-corrected chi connectivity index (χ1v) is 19.8. The molecule has 0 radical (unpaired) electrons. The van der Waals surface area contributed by atoms with E-state index >= 15 is 0 Å². The van der Waals surface area contributed by atoms with Crippen LogP contribution >= 0.6 is 0 Å². The van der Waals surface area contributed by atoms with E-state index in [-0.39, 0.29) is 5.41 Å². The van der Waals surface area contributed by atoms with Gasteiger partial charge in [0.1, 0.15) is 0 Å². The van der Waals surface area contributed by atoms with E-state index in [4.69, 9.17) is 9.31 Å². The zero-order valence-electron chi connectivity index (χ0n) is 17.9. The standard InChI is InChI=1S/C20H24BO2.3CH3.Sn/c1-5-17(16-20(2,3)4)21(22-18-12-8-6-9-13-18)23-19-14-10-7-11-15-19;;;;/h6-15H,5H2,1-4H3;3*1H3;. The zero-order valence-corrected chi connectivity index (χ0v) is 20.7. The summed E-state index contributed by atoms with van der Waals surface area (Å²) in [6, 6.07) is 20.0. The van der Waals surface area contributed by atoms with E-state index in [2.05, 4.69) is 42.5 Å². The third kappa shape index (κ3) is 6.34. The fraction of sp³-hybridized carbons (Fsp3) is 0.391. The van der Waals surface area contributed by atoms with Crippen molar-refractivity contribution in [3.05, 3.63) is 69.7 Å². The predicted octanol–water partition coefficient (Wildman–Crippen LogP) is 6.80. The van der Waals surface area contributed by atoms with Crippen LogP contribution in [-0.2, 0) is 0 Å². The molecule has 2 nitrogen and oxygen atoms in total. The molecule has 2 aromatic carbocycles. The average molecular weight is 471 g/mol. The van der Waals surface area contributed by atoms with Gasteiger partial charge in [-0.1, -0.05) is 0 Å². The van der Waals surface area contributed by atoms with Crippen LogP contribution in [0, 0.1) is 5.41 Å². The summed E-state index contributed by atoms with van der Waals surface area (Å²) in [7, 11) is -0.412. The first-order valence-electron chi connectivity index (χ1n) is 9.80. The van der Waals surface area contributed by atoms with Crippen LogP contribution in [0.15, 0.2) is 69.7 Å². The van der Waals surface area contributed by atoms with Gasteiger partial charge in [-0.15, -0.1) is 0 Å². The van der Waals surface area contributed by atoms with Crippen LogP contribution < -0.4 is 9.31 Å². The number of rotatable bonds is 7. The van der Waals surface area contributed by atoms with Crippen molar-refractivity contribution in [2.75, 3.05) is 0 Å². The van der Waals surface area contributed by atoms with Crippen LogP contribution in [0.25, 0.3) is 0 Å². The first kappa shape index (κ1) is 21.9. The third-order valence-electron chi connectivity index (χ3n) is 4.46. The van der Waals surface area contributed by atoms with E-state index in [0.29, 0.717) is 0 Å². The van der Waals surface area contributed by atoms with Gasteiger partial charge in [0.05, 0.1) is 0 Å². The topological polar surface area (TPSA) is 18.5 Å². The van der Waals surface area contributed by atoms with Crippen LogP contribution in [0.2, 0.25) is 14.8 Å². The van der Waals surface area contributed by atoms with Crippen LogP contribution in [0.3, 0.4) is 0 Å². The summed E-state index contributed by atoms with van der Waals surface area (Å²) in [6.45, 7) is 9.18. The summed E-state index contributed by atoms with van der Waals surface area (Å²) in [5.41, 5.74) is 1.41. The zero-order chi connectivity index (χ0) is 20.1. The van der Waals surface area contributed by atoms with Gasteiger partial charge in [0.15, 0.2) is 0 Å². The Kier molecular flexibility index (Phi) is 7.50. The molecule has 0 atom stereocenters. The van der Waals surface area contributed by atoms with Gasteiger partial charge in [0.25, 0.3) is 0 Å². The van der Waals surface area contributed by atoms with Gasteiger partial charge >= 0.3 is 170 Å². The summed E-state index contributed by atoms with van der Waals surface area (Å²) in [5, 5.41) is 0. The van der Waals surface area contributed by atoms with Crippen molar-refractivity contribution in [1.29, 1.82) is 0 Å². The van der Waals surface area contributed by atoms with Gasteiger partial charge in [-0.3, -0.25) is 0 Å². The molecular formula is C23H33BO2Sn. The number of hydrogen-bond acceptors (Lipinski definition) is 2. The van der Waals surface area contributed by atoms with Gasteiger partial charge in [-0.2, -0.15) is 0 Å². The molecule has 0 heterocycles. The third-order valence-corrected chi connectivity index (χ3v) is 11.8. The quantitative estimate of drug-likeness (QED) is 0.414. The molecule has 0 saturated carbocycles. The molecule has 0 aromatic heterocycles. The maximum atomic E-state index is 6.40. The molecule has 0 amide bonds. The van der Waals surface area contributed by atoms with Crippen molar-refractivity contribution in [2.24, 2.45) is 5.41 Å². The van der Waals surface area contributed by atoms with E-state index in [1.54, 1.807) is 3.59 Å². The maximum absolute atomic E-state index is 6.40. The van der Waals surface area contributed by atoms with Gasteiger partial charge in [-0.25, -0.2) is 0 Å². The second-order valence-electron chi connectivity index (χ2n) is 8.95. The Labute approximate surface area is 170 Å². The Morgan fingerprint density at radius 2 is 1.22 bits per heavy atom. The molecule has 2 rings (SSSR count). The molecule has 0 unspecified atom stereocenters. The van der Waals surface area contributed by atoms with Crippen LogP contribution in [0.1, 0.15) is 34.1 Å². The Bertz CT molecular complexity index is 686. The van der Waals surface area contributed by atoms with Gasteiger partial charge in [0.2, 0.25) is 0 Å². The van der Waals surface area contributed by atoms with Crippen LogP contribution in [0.4, 0.5) is 0 Å². The monoisotopic (exact) mass is 472 g/mol. The second kappa shape index (κ2) is 9.23. The predicted molar refractivity (Wildman–Crippen MR) is 120 cm³/mol. The second-order valence-corrected chi connectivity index (χ2v) is 23.2.